The molecule has 6 nitrogen and oxygen atoms in total. The summed E-state index contributed by atoms with van der Waals surface area (Å²) in [6.45, 7) is 1.40. The van der Waals surface area contributed by atoms with E-state index < -0.39 is 27.7 Å². The molecule has 0 fully saturated rings. The SMILES string of the molecule is CC(=O)c1cccc(NC(=O)c2ccc(S(=O)(=O)Nc3cccc(C(F)(F)F)c3)cc2)c1. The summed E-state index contributed by atoms with van der Waals surface area (Å²) < 4.78 is 65.6. The highest BCUT2D eigenvalue weighted by Crippen LogP contribution is 2.31. The van der Waals surface area contributed by atoms with Gasteiger partial charge in [0.2, 0.25) is 0 Å². The van der Waals surface area contributed by atoms with E-state index in [1.807, 2.05) is 0 Å². The van der Waals surface area contributed by atoms with E-state index in [9.17, 15) is 31.2 Å². The third-order valence-corrected chi connectivity index (χ3v) is 5.79. The number of alkyl halides is 3. The topological polar surface area (TPSA) is 92.3 Å². The maximum Gasteiger partial charge on any atom is 0.416 e. The van der Waals surface area contributed by atoms with Gasteiger partial charge in [0.15, 0.2) is 5.78 Å². The zero-order valence-electron chi connectivity index (χ0n) is 16.6. The van der Waals surface area contributed by atoms with Crippen LogP contribution in [0.2, 0.25) is 0 Å². The molecule has 3 aromatic rings. The molecule has 2 N–H and O–H groups in total. The molecular weight excluding hydrogens is 445 g/mol. The van der Waals surface area contributed by atoms with Crippen molar-refractivity contribution in [2.75, 3.05) is 10.0 Å². The van der Waals surface area contributed by atoms with Crippen LogP contribution >= 0.6 is 0 Å². The van der Waals surface area contributed by atoms with Crippen molar-refractivity contribution in [1.82, 2.24) is 0 Å². The van der Waals surface area contributed by atoms with Crippen molar-refractivity contribution < 1.29 is 31.2 Å². The fraction of sp³-hybridized carbons (Fsp3) is 0.0909. The Bertz CT molecular complexity index is 1270. The number of anilines is 2. The number of hydrogen-bond acceptors (Lipinski definition) is 4. The van der Waals surface area contributed by atoms with Crippen LogP contribution in [0.5, 0.6) is 0 Å². The molecule has 0 saturated heterocycles. The fourth-order valence-electron chi connectivity index (χ4n) is 2.78. The summed E-state index contributed by atoms with van der Waals surface area (Å²) in [5, 5.41) is 2.61. The van der Waals surface area contributed by atoms with Gasteiger partial charge in [-0.3, -0.25) is 14.3 Å². The van der Waals surface area contributed by atoms with Gasteiger partial charge in [0, 0.05) is 22.5 Å². The number of benzene rings is 3. The molecule has 0 aromatic heterocycles. The van der Waals surface area contributed by atoms with E-state index in [1.165, 1.54) is 31.2 Å². The molecule has 0 aliphatic rings. The maximum absolute atomic E-state index is 12.8. The van der Waals surface area contributed by atoms with Gasteiger partial charge in [0.1, 0.15) is 0 Å². The summed E-state index contributed by atoms with van der Waals surface area (Å²) in [6.07, 6.45) is -4.61. The first kappa shape index (κ1) is 23.0. The Morgan fingerprint density at radius 1 is 0.812 bits per heavy atom. The molecule has 0 saturated carbocycles. The van der Waals surface area contributed by atoms with Crippen LogP contribution < -0.4 is 10.0 Å². The third-order valence-electron chi connectivity index (χ3n) is 4.40. The molecule has 0 aliphatic heterocycles. The first-order chi connectivity index (χ1) is 15.0. The van der Waals surface area contributed by atoms with Crippen molar-refractivity contribution in [2.24, 2.45) is 0 Å². The minimum Gasteiger partial charge on any atom is -0.322 e. The molecule has 0 atom stereocenters. The van der Waals surface area contributed by atoms with Crippen molar-refractivity contribution >= 4 is 33.1 Å². The lowest BCUT2D eigenvalue weighted by Gasteiger charge is -2.12. The zero-order valence-corrected chi connectivity index (χ0v) is 17.4. The van der Waals surface area contributed by atoms with Crippen LogP contribution in [0.25, 0.3) is 0 Å². The predicted octanol–water partition coefficient (Wildman–Crippen LogP) is 4.96. The Morgan fingerprint density at radius 2 is 1.44 bits per heavy atom. The Balaban J connectivity index is 1.75. The Kier molecular flexibility index (Phi) is 6.35. The van der Waals surface area contributed by atoms with Crippen LogP contribution in [0.15, 0.2) is 77.7 Å². The minimum absolute atomic E-state index is 0.149. The Labute approximate surface area is 182 Å². The molecule has 0 aliphatic carbocycles. The van der Waals surface area contributed by atoms with E-state index in [0.717, 1.165) is 24.3 Å². The molecule has 0 unspecified atom stereocenters. The average Bonchev–Trinajstić information content (AvgIpc) is 2.73. The Hall–Kier alpha value is -3.66. The van der Waals surface area contributed by atoms with Gasteiger partial charge < -0.3 is 5.32 Å². The Morgan fingerprint density at radius 3 is 2.06 bits per heavy atom. The summed E-state index contributed by atoms with van der Waals surface area (Å²) >= 11 is 0. The average molecular weight is 462 g/mol. The normalized spacial score (nSPS) is 11.6. The summed E-state index contributed by atoms with van der Waals surface area (Å²) in [6, 6.07) is 15.0. The van der Waals surface area contributed by atoms with E-state index >= 15 is 0 Å². The largest absolute Gasteiger partial charge is 0.416 e. The third kappa shape index (κ3) is 5.52. The number of carbonyl (C=O) groups is 2. The lowest BCUT2D eigenvalue weighted by Crippen LogP contribution is -2.15. The first-order valence-electron chi connectivity index (χ1n) is 9.18. The maximum atomic E-state index is 12.8. The molecule has 1 amide bonds. The molecular formula is C22H17F3N2O4S. The molecule has 3 aromatic carbocycles. The highest BCUT2D eigenvalue weighted by Gasteiger charge is 2.30. The molecule has 0 bridgehead atoms. The molecule has 166 valence electrons. The lowest BCUT2D eigenvalue weighted by molar-refractivity contribution is -0.137. The molecule has 3 rings (SSSR count). The predicted molar refractivity (Wildman–Crippen MR) is 113 cm³/mol. The van der Waals surface area contributed by atoms with Gasteiger partial charge >= 0.3 is 6.18 Å². The number of sulfonamides is 1. The van der Waals surface area contributed by atoms with E-state index in [4.69, 9.17) is 0 Å². The second kappa shape index (κ2) is 8.83. The highest BCUT2D eigenvalue weighted by molar-refractivity contribution is 7.92. The van der Waals surface area contributed by atoms with Crippen LogP contribution in [0.1, 0.15) is 33.2 Å². The van der Waals surface area contributed by atoms with E-state index in [1.54, 1.807) is 18.2 Å². The monoisotopic (exact) mass is 462 g/mol. The van der Waals surface area contributed by atoms with Gasteiger partial charge in [-0.25, -0.2) is 8.42 Å². The van der Waals surface area contributed by atoms with Crippen molar-refractivity contribution in [1.29, 1.82) is 0 Å². The standard InChI is InChI=1S/C22H17F3N2O4S/c1-14(28)16-4-2-6-18(12-16)26-21(29)15-8-10-20(11-9-15)32(30,31)27-19-7-3-5-17(13-19)22(23,24)25/h2-13,27H,1H3,(H,26,29). The number of rotatable bonds is 6. The molecule has 0 spiro atoms. The smallest absolute Gasteiger partial charge is 0.322 e. The lowest BCUT2D eigenvalue weighted by atomic mass is 10.1. The number of ketones is 1. The van der Waals surface area contributed by atoms with Gasteiger partial charge in [-0.2, -0.15) is 13.2 Å². The van der Waals surface area contributed by atoms with Crippen molar-refractivity contribution in [3.05, 3.63) is 89.5 Å². The van der Waals surface area contributed by atoms with Gasteiger partial charge in [0.05, 0.1) is 10.5 Å². The van der Waals surface area contributed by atoms with Gasteiger partial charge in [-0.05, 0) is 61.5 Å². The quantitative estimate of drug-likeness (QED) is 0.507. The van der Waals surface area contributed by atoms with Crippen LogP contribution in [0, 0.1) is 0 Å². The molecule has 0 radical (unpaired) electrons. The van der Waals surface area contributed by atoms with E-state index in [0.29, 0.717) is 17.3 Å². The molecule has 32 heavy (non-hydrogen) atoms. The second-order valence-corrected chi connectivity index (χ2v) is 8.48. The first-order valence-corrected chi connectivity index (χ1v) is 10.7. The van der Waals surface area contributed by atoms with Crippen LogP contribution in [0.3, 0.4) is 0 Å². The number of nitrogens with one attached hydrogen (secondary N) is 2. The minimum atomic E-state index is -4.61. The number of Topliss-reactive ketones (excluding diaryl/α,β-unsaturated/α-hetero) is 1. The highest BCUT2D eigenvalue weighted by atomic mass is 32.2. The van der Waals surface area contributed by atoms with Crippen LogP contribution in [-0.2, 0) is 16.2 Å². The van der Waals surface area contributed by atoms with E-state index in [2.05, 4.69) is 10.0 Å². The van der Waals surface area contributed by atoms with Gasteiger partial charge in [-0.1, -0.05) is 18.2 Å². The molecule has 0 heterocycles. The van der Waals surface area contributed by atoms with Crippen LogP contribution in [-0.4, -0.2) is 20.1 Å². The summed E-state index contributed by atoms with van der Waals surface area (Å²) in [5.74, 6) is -0.690. The van der Waals surface area contributed by atoms with E-state index in [-0.39, 0.29) is 21.9 Å². The zero-order chi connectivity index (χ0) is 23.5. The molecule has 10 heteroatoms. The summed E-state index contributed by atoms with van der Waals surface area (Å²) in [7, 11) is -4.18. The van der Waals surface area contributed by atoms with Gasteiger partial charge in [-0.15, -0.1) is 0 Å². The number of amides is 1. The summed E-state index contributed by atoms with van der Waals surface area (Å²) in [5.41, 5.74) is -0.266. The number of hydrogen-bond donors (Lipinski definition) is 2. The number of halogens is 3. The fourth-order valence-corrected chi connectivity index (χ4v) is 3.83. The van der Waals surface area contributed by atoms with Gasteiger partial charge in [0.25, 0.3) is 15.9 Å². The number of carbonyl (C=O) groups excluding carboxylic acids is 2. The second-order valence-electron chi connectivity index (χ2n) is 6.80. The van der Waals surface area contributed by atoms with Crippen LogP contribution in [0.4, 0.5) is 24.5 Å². The van der Waals surface area contributed by atoms with Crippen molar-refractivity contribution in [2.45, 2.75) is 18.0 Å². The van der Waals surface area contributed by atoms with Crippen molar-refractivity contribution in [3.63, 3.8) is 0 Å². The summed E-state index contributed by atoms with van der Waals surface area (Å²) in [4.78, 5) is 23.6. The van der Waals surface area contributed by atoms with Crippen molar-refractivity contribution in [3.8, 4) is 0 Å².